The van der Waals surface area contributed by atoms with Gasteiger partial charge in [-0.2, -0.15) is 0 Å². The third-order valence-corrected chi connectivity index (χ3v) is 7.17. The van der Waals surface area contributed by atoms with Crippen LogP contribution in [0.2, 0.25) is 0 Å². The van der Waals surface area contributed by atoms with Crippen molar-refractivity contribution in [1.29, 1.82) is 0 Å². The number of amides is 1. The molecule has 2 heterocycles. The van der Waals surface area contributed by atoms with Gasteiger partial charge in [0.05, 0.1) is 23.1 Å². The van der Waals surface area contributed by atoms with Gasteiger partial charge in [0, 0.05) is 5.69 Å². The number of rotatable bonds is 5. The molecular formula is C27H28N2O7S. The maximum atomic E-state index is 13.4. The van der Waals surface area contributed by atoms with Gasteiger partial charge in [-0.25, -0.2) is 13.6 Å². The van der Waals surface area contributed by atoms with Crippen LogP contribution in [0.25, 0.3) is 5.76 Å². The quantitative estimate of drug-likeness (QED) is 0.290. The zero-order chi connectivity index (χ0) is 27.3. The predicted octanol–water partition coefficient (Wildman–Crippen LogP) is 4.17. The number of carbonyl (C=O) groups is 2. The highest BCUT2D eigenvalue weighted by Gasteiger charge is 2.48. The van der Waals surface area contributed by atoms with E-state index in [2.05, 4.69) is 0 Å². The zero-order valence-electron chi connectivity index (χ0n) is 21.1. The van der Waals surface area contributed by atoms with E-state index in [0.29, 0.717) is 11.5 Å². The maximum absolute atomic E-state index is 13.4. The molecular weight excluding hydrogens is 496 g/mol. The first-order chi connectivity index (χ1) is 17.2. The second-order valence-electron chi connectivity index (χ2n) is 9.82. The number of aliphatic hydroxyl groups is 1. The molecule has 0 spiro atoms. The van der Waals surface area contributed by atoms with Gasteiger partial charge in [0.1, 0.15) is 29.1 Å². The number of sulfonamides is 1. The van der Waals surface area contributed by atoms with Gasteiger partial charge < -0.3 is 14.3 Å². The minimum atomic E-state index is -3.97. The van der Waals surface area contributed by atoms with E-state index in [9.17, 15) is 23.1 Å². The highest BCUT2D eigenvalue weighted by atomic mass is 32.2. The lowest BCUT2D eigenvalue weighted by molar-refractivity contribution is -0.132. The standard InChI is InChI=1S/C27H28N2O7S/c1-15-6-12-21(36-15)23-22(24(30)19-14-16(27(2,3)4)7-13-20(19)35-5)25(31)26(32)29(23)17-8-10-18(11-9-17)37(28,33)34/h6-14,23,30H,1-5H3,(H2,28,33,34)/b24-22+. The number of ether oxygens (including phenoxy) is 1. The number of nitrogens with zero attached hydrogens (tertiary/aromatic N) is 1. The van der Waals surface area contributed by atoms with E-state index in [1.54, 1.807) is 31.2 Å². The minimum Gasteiger partial charge on any atom is -0.507 e. The number of ketones is 1. The van der Waals surface area contributed by atoms with Crippen LogP contribution in [-0.2, 0) is 25.0 Å². The summed E-state index contributed by atoms with van der Waals surface area (Å²) in [7, 11) is -2.52. The normalized spacial score (nSPS) is 17.9. The molecule has 0 radical (unpaired) electrons. The van der Waals surface area contributed by atoms with Gasteiger partial charge in [-0.3, -0.25) is 14.5 Å². The molecule has 0 bridgehead atoms. The Morgan fingerprint density at radius 2 is 1.70 bits per heavy atom. The Morgan fingerprint density at radius 3 is 2.22 bits per heavy atom. The smallest absolute Gasteiger partial charge is 0.300 e. The second kappa shape index (κ2) is 9.20. The summed E-state index contributed by atoms with van der Waals surface area (Å²) >= 11 is 0. The van der Waals surface area contributed by atoms with Gasteiger partial charge in [-0.1, -0.05) is 26.8 Å². The Hall–Kier alpha value is -3.89. The molecule has 2 aromatic carbocycles. The number of methoxy groups -OCH3 is 1. The molecule has 0 saturated carbocycles. The van der Waals surface area contributed by atoms with Gasteiger partial charge in [-0.15, -0.1) is 0 Å². The van der Waals surface area contributed by atoms with Crippen molar-refractivity contribution < 1.29 is 32.3 Å². The lowest BCUT2D eigenvalue weighted by Gasteiger charge is -2.24. The number of primary sulfonamides is 1. The summed E-state index contributed by atoms with van der Waals surface area (Å²) < 4.78 is 34.7. The Bertz CT molecular complexity index is 1530. The van der Waals surface area contributed by atoms with E-state index in [-0.39, 0.29) is 32.9 Å². The van der Waals surface area contributed by atoms with Crippen LogP contribution in [0, 0.1) is 6.92 Å². The van der Waals surface area contributed by atoms with Crippen LogP contribution in [0.3, 0.4) is 0 Å². The van der Waals surface area contributed by atoms with Gasteiger partial charge in [0.25, 0.3) is 11.7 Å². The number of Topliss-reactive ketones (excluding diaryl/α,β-unsaturated/α-hetero) is 1. The van der Waals surface area contributed by atoms with Crippen molar-refractivity contribution in [3.05, 3.63) is 82.8 Å². The Kier molecular flexibility index (Phi) is 6.51. The lowest BCUT2D eigenvalue weighted by atomic mass is 9.85. The maximum Gasteiger partial charge on any atom is 0.300 e. The van der Waals surface area contributed by atoms with Crippen molar-refractivity contribution in [2.45, 2.75) is 44.0 Å². The van der Waals surface area contributed by atoms with Crippen molar-refractivity contribution in [2.75, 3.05) is 12.0 Å². The highest BCUT2D eigenvalue weighted by molar-refractivity contribution is 7.89. The summed E-state index contributed by atoms with van der Waals surface area (Å²) in [4.78, 5) is 27.7. The van der Waals surface area contributed by atoms with E-state index >= 15 is 0 Å². The highest BCUT2D eigenvalue weighted by Crippen LogP contribution is 2.44. The number of hydrogen-bond acceptors (Lipinski definition) is 7. The van der Waals surface area contributed by atoms with Gasteiger partial charge >= 0.3 is 0 Å². The Balaban J connectivity index is 1.96. The summed E-state index contributed by atoms with van der Waals surface area (Å²) in [5, 5.41) is 16.7. The Morgan fingerprint density at radius 1 is 1.05 bits per heavy atom. The topological polar surface area (TPSA) is 140 Å². The molecule has 1 unspecified atom stereocenters. The van der Waals surface area contributed by atoms with E-state index < -0.39 is 33.5 Å². The SMILES string of the molecule is COc1ccc(C(C)(C)C)cc1/C(O)=C1\C(=O)C(=O)N(c2ccc(S(N)(=O)=O)cc2)C1c1ccc(C)o1. The average molecular weight is 525 g/mol. The monoisotopic (exact) mass is 524 g/mol. The number of benzene rings is 2. The second-order valence-corrected chi connectivity index (χ2v) is 11.4. The molecule has 1 fully saturated rings. The zero-order valence-corrected chi connectivity index (χ0v) is 21.9. The first-order valence-electron chi connectivity index (χ1n) is 11.4. The van der Waals surface area contributed by atoms with Crippen molar-refractivity contribution in [2.24, 2.45) is 5.14 Å². The lowest BCUT2D eigenvalue weighted by Crippen LogP contribution is -2.29. The number of aliphatic hydroxyl groups excluding tert-OH is 1. The van der Waals surface area contributed by atoms with Gasteiger partial charge in [-0.05, 0) is 66.4 Å². The third-order valence-electron chi connectivity index (χ3n) is 6.24. The molecule has 3 N–H and O–H groups in total. The average Bonchev–Trinajstić information content (AvgIpc) is 3.37. The molecule has 1 aromatic heterocycles. The van der Waals surface area contributed by atoms with Crippen LogP contribution < -0.4 is 14.8 Å². The number of aryl methyl sites for hydroxylation is 1. The van der Waals surface area contributed by atoms with E-state index in [1.165, 1.54) is 36.3 Å². The molecule has 1 amide bonds. The summed E-state index contributed by atoms with van der Waals surface area (Å²) in [6, 6.07) is 12.7. The minimum absolute atomic E-state index is 0.151. The molecule has 10 heteroatoms. The predicted molar refractivity (Wildman–Crippen MR) is 138 cm³/mol. The molecule has 37 heavy (non-hydrogen) atoms. The molecule has 0 aliphatic carbocycles. The molecule has 3 aromatic rings. The van der Waals surface area contributed by atoms with Crippen molar-refractivity contribution in [3.8, 4) is 5.75 Å². The first kappa shape index (κ1) is 26.2. The number of hydrogen-bond donors (Lipinski definition) is 2. The number of carbonyl (C=O) groups excluding carboxylic acids is 2. The van der Waals surface area contributed by atoms with E-state index in [1.807, 2.05) is 26.8 Å². The van der Waals surface area contributed by atoms with Crippen LogP contribution >= 0.6 is 0 Å². The number of nitrogens with two attached hydrogens (primary N) is 1. The molecule has 1 aliphatic rings. The van der Waals surface area contributed by atoms with Gasteiger partial charge in [0.2, 0.25) is 10.0 Å². The molecule has 1 aliphatic heterocycles. The van der Waals surface area contributed by atoms with E-state index in [4.69, 9.17) is 14.3 Å². The van der Waals surface area contributed by atoms with E-state index in [0.717, 1.165) is 5.56 Å². The largest absolute Gasteiger partial charge is 0.507 e. The molecule has 194 valence electrons. The summed E-state index contributed by atoms with van der Waals surface area (Å²) in [5.41, 5.74) is 0.914. The fourth-order valence-electron chi connectivity index (χ4n) is 4.27. The first-order valence-corrected chi connectivity index (χ1v) is 13.0. The van der Waals surface area contributed by atoms with Crippen molar-refractivity contribution in [1.82, 2.24) is 0 Å². The summed E-state index contributed by atoms with van der Waals surface area (Å²) in [6.07, 6.45) is 0. The molecule has 9 nitrogen and oxygen atoms in total. The van der Waals surface area contributed by atoms with Crippen LogP contribution in [0.4, 0.5) is 5.69 Å². The summed E-state index contributed by atoms with van der Waals surface area (Å²) in [5.74, 6) is -1.13. The number of furan rings is 1. The summed E-state index contributed by atoms with van der Waals surface area (Å²) in [6.45, 7) is 7.74. The molecule has 1 saturated heterocycles. The number of anilines is 1. The van der Waals surface area contributed by atoms with Gasteiger partial charge in [0.15, 0.2) is 0 Å². The molecule has 1 atom stereocenters. The Labute approximate surface area is 215 Å². The van der Waals surface area contributed by atoms with Crippen LogP contribution in [0.15, 0.2) is 69.5 Å². The third kappa shape index (κ3) is 4.77. The fraction of sp³-hybridized carbons (Fsp3) is 0.259. The van der Waals surface area contributed by atoms with Crippen molar-refractivity contribution in [3.63, 3.8) is 0 Å². The molecule has 4 rings (SSSR count). The van der Waals surface area contributed by atoms with Crippen LogP contribution in [-0.4, -0.2) is 32.3 Å². The van der Waals surface area contributed by atoms with Crippen molar-refractivity contribution >= 4 is 33.2 Å². The fourth-order valence-corrected chi connectivity index (χ4v) is 4.78. The van der Waals surface area contributed by atoms with Crippen LogP contribution in [0.5, 0.6) is 5.75 Å². The van der Waals surface area contributed by atoms with Crippen LogP contribution in [0.1, 0.15) is 49.5 Å².